The van der Waals surface area contributed by atoms with Gasteiger partial charge in [-0.15, -0.1) is 0 Å². The van der Waals surface area contributed by atoms with Gasteiger partial charge in [-0.3, -0.25) is 29.0 Å². The minimum Gasteiger partial charge on any atom is -0.388 e. The molecule has 4 amide bonds. The summed E-state index contributed by atoms with van der Waals surface area (Å²) in [5.74, 6) is -2.02. The maximum absolute atomic E-state index is 15.4. The molecule has 10 aliphatic rings. The molecular formula is C34H36N6O6S5. The van der Waals surface area contributed by atoms with Crippen molar-refractivity contribution in [2.24, 2.45) is 11.8 Å². The topological polar surface area (TPSA) is 146 Å². The molecule has 0 radical (unpaired) electrons. The van der Waals surface area contributed by atoms with Gasteiger partial charge in [-0.2, -0.15) is 0 Å². The molecule has 10 heterocycles. The maximum atomic E-state index is 15.4. The predicted octanol–water partition coefficient (Wildman–Crippen LogP) is 3.25. The summed E-state index contributed by atoms with van der Waals surface area (Å²) in [7, 11) is 9.57. The van der Waals surface area contributed by atoms with E-state index in [1.807, 2.05) is 76.2 Å². The first-order valence-corrected chi connectivity index (χ1v) is 22.6. The van der Waals surface area contributed by atoms with Crippen molar-refractivity contribution in [1.82, 2.24) is 19.6 Å². The summed E-state index contributed by atoms with van der Waals surface area (Å²) in [5, 5.41) is 34.4. The van der Waals surface area contributed by atoms with Crippen molar-refractivity contribution in [3.05, 3.63) is 59.7 Å². The van der Waals surface area contributed by atoms with Gasteiger partial charge in [-0.05, 0) is 77.3 Å². The molecule has 8 fully saturated rings. The monoisotopic (exact) mass is 784 g/mol. The largest absolute Gasteiger partial charge is 0.388 e. The van der Waals surface area contributed by atoms with E-state index in [0.717, 1.165) is 0 Å². The first-order chi connectivity index (χ1) is 24.2. The molecule has 10 aliphatic heterocycles. The van der Waals surface area contributed by atoms with Gasteiger partial charge in [-0.1, -0.05) is 74.9 Å². The number of nitrogens with zero attached hydrogens (tertiary/aromatic N) is 4. The molecule has 2 spiro atoms. The van der Waals surface area contributed by atoms with Crippen LogP contribution in [-0.4, -0.2) is 112 Å². The van der Waals surface area contributed by atoms with E-state index in [1.54, 1.807) is 23.9 Å². The number of likely N-dealkylation sites (N-methyl/N-ethyl adjacent to an activating group) is 2. The normalized spacial score (nSPS) is 44.0. The zero-order valence-electron chi connectivity index (χ0n) is 28.4. The second kappa shape index (κ2) is 9.82. The Labute approximate surface area is 314 Å². The second-order valence-corrected chi connectivity index (χ2v) is 22.2. The van der Waals surface area contributed by atoms with Crippen LogP contribution in [0.2, 0.25) is 0 Å². The lowest BCUT2D eigenvalue weighted by Gasteiger charge is -2.60. The number of hydrogen-bond donors (Lipinski definition) is 4. The van der Waals surface area contributed by atoms with Gasteiger partial charge >= 0.3 is 0 Å². The molecule has 17 heteroatoms. The number of carbonyl (C=O) groups excluding carboxylic acids is 4. The smallest absolute Gasteiger partial charge is 0.264 e. The Morgan fingerprint density at radius 2 is 1.02 bits per heavy atom. The fraction of sp³-hybridized carbons (Fsp3) is 0.529. The summed E-state index contributed by atoms with van der Waals surface area (Å²) in [6, 6.07) is 14.9. The van der Waals surface area contributed by atoms with Crippen LogP contribution < -0.4 is 10.6 Å². The van der Waals surface area contributed by atoms with Gasteiger partial charge in [0.15, 0.2) is 9.74 Å². The number of aliphatic hydroxyl groups is 2. The zero-order valence-corrected chi connectivity index (χ0v) is 32.5. The van der Waals surface area contributed by atoms with Gasteiger partial charge in [0, 0.05) is 25.5 Å². The lowest BCUT2D eigenvalue weighted by molar-refractivity contribution is -0.169. The molecule has 268 valence electrons. The molecule has 12 rings (SSSR count). The number of piperazine rings is 2. The van der Waals surface area contributed by atoms with Crippen LogP contribution in [0.5, 0.6) is 0 Å². The van der Waals surface area contributed by atoms with E-state index in [-0.39, 0.29) is 23.7 Å². The highest BCUT2D eigenvalue weighted by Crippen LogP contribution is 2.79. The molecule has 4 bridgehead atoms. The highest BCUT2D eigenvalue weighted by atomic mass is 33.5. The number of fused-ring (bicyclic) bond motifs is 12. The fourth-order valence-corrected chi connectivity index (χ4v) is 21.5. The van der Waals surface area contributed by atoms with E-state index >= 15 is 14.4 Å². The van der Waals surface area contributed by atoms with Crippen molar-refractivity contribution in [1.29, 1.82) is 0 Å². The summed E-state index contributed by atoms with van der Waals surface area (Å²) in [6.45, 7) is 7.67. The first kappa shape index (κ1) is 33.2. The minimum atomic E-state index is -1.81. The summed E-state index contributed by atoms with van der Waals surface area (Å²) in [4.78, 5) is 60.7. The molecule has 4 N–H and O–H groups in total. The van der Waals surface area contributed by atoms with E-state index in [0.29, 0.717) is 22.5 Å². The molecule has 2 aromatic rings. The highest BCUT2D eigenvalue weighted by molar-refractivity contribution is 9.10. The Hall–Kier alpha value is -2.41. The average Bonchev–Trinajstić information content (AvgIpc) is 3.70. The Bertz CT molecular complexity index is 2030. The van der Waals surface area contributed by atoms with Crippen molar-refractivity contribution < 1.29 is 29.4 Å². The average molecular weight is 785 g/mol. The van der Waals surface area contributed by atoms with Crippen molar-refractivity contribution in [3.63, 3.8) is 0 Å². The summed E-state index contributed by atoms with van der Waals surface area (Å²) in [6.07, 6.45) is -5.33. The molecule has 8 saturated heterocycles. The van der Waals surface area contributed by atoms with Crippen LogP contribution in [0.25, 0.3) is 0 Å². The molecular weight excluding hydrogens is 749 g/mol. The van der Waals surface area contributed by atoms with E-state index < -0.39 is 66.7 Å². The molecule has 0 aromatic heterocycles. The van der Waals surface area contributed by atoms with Gasteiger partial charge in [0.1, 0.15) is 24.5 Å². The maximum Gasteiger partial charge on any atom is 0.264 e. The molecule has 0 aliphatic carbocycles. The molecule has 2 unspecified atom stereocenters. The molecule has 10 atom stereocenters. The van der Waals surface area contributed by atoms with E-state index in [1.165, 1.54) is 62.8 Å². The van der Waals surface area contributed by atoms with Crippen molar-refractivity contribution in [3.8, 4) is 0 Å². The first-order valence-electron chi connectivity index (χ1n) is 16.9. The number of rotatable bonds is 3. The lowest BCUT2D eigenvalue weighted by atomic mass is 9.52. The SMILES string of the molecule is CC(C)[C@]12SSS[C@]3(C(=O)N1C)[C@@H](O)C1(C45c6ccccc6N[C@H]4N4C(=O)[C@@]6(C(C)C)SS[C@]4(C(=O)N6C)[C@H]5O)c4ccccc4N[C@@H]1N3C2=O. The van der Waals surface area contributed by atoms with Crippen LogP contribution in [0, 0.1) is 11.8 Å². The van der Waals surface area contributed by atoms with E-state index in [9.17, 15) is 15.0 Å². The number of hydrogen-bond acceptors (Lipinski definition) is 13. The van der Waals surface area contributed by atoms with Gasteiger partial charge in [0.05, 0.1) is 10.8 Å². The molecule has 51 heavy (non-hydrogen) atoms. The number of amides is 4. The fourth-order valence-electron chi connectivity index (χ4n) is 11.0. The van der Waals surface area contributed by atoms with Crippen LogP contribution in [-0.2, 0) is 30.0 Å². The summed E-state index contributed by atoms with van der Waals surface area (Å²) < 4.78 is 0. The van der Waals surface area contributed by atoms with E-state index in [2.05, 4.69) is 10.6 Å². The molecule has 2 aromatic carbocycles. The Kier molecular flexibility index (Phi) is 6.39. The van der Waals surface area contributed by atoms with Crippen molar-refractivity contribution >= 4 is 88.0 Å². The third-order valence-corrected chi connectivity index (χ3v) is 22.4. The van der Waals surface area contributed by atoms with Crippen molar-refractivity contribution in [2.45, 2.75) is 82.5 Å². The van der Waals surface area contributed by atoms with E-state index in [4.69, 9.17) is 0 Å². The Morgan fingerprint density at radius 1 is 0.608 bits per heavy atom. The standard InChI is InChI=1S/C34H36N6O6S5/c1-15(2)31-27(45)39-23-29(17-11-7-9-13-19(17)35-23,21(41)33(39,48-47-31)25(43)37(31)5)30-18-12-8-10-14-20(18)36-24(30)40-28(46)32(16(3)4)38(6)26(44)34(40,22(30)42)50-51-49-32/h7-16,21-24,35-36,41-42H,1-6H3/t21-,22-,23-,24+,29?,30?,31+,32+,33-,34-/m0/s1. The number of nitrogens with one attached hydrogen (secondary N) is 2. The van der Waals surface area contributed by atoms with Crippen molar-refractivity contribution in [2.75, 3.05) is 24.7 Å². The number of carbonyl (C=O) groups is 4. The van der Waals surface area contributed by atoms with Crippen LogP contribution in [0.3, 0.4) is 0 Å². The van der Waals surface area contributed by atoms with Gasteiger partial charge in [0.2, 0.25) is 9.74 Å². The number of benzene rings is 2. The third kappa shape index (κ3) is 2.93. The van der Waals surface area contributed by atoms with Crippen LogP contribution >= 0.6 is 53.0 Å². The van der Waals surface area contributed by atoms with Gasteiger partial charge in [-0.25, -0.2) is 0 Å². The number of anilines is 2. The van der Waals surface area contributed by atoms with Crippen LogP contribution in [0.15, 0.2) is 48.5 Å². The Balaban J connectivity index is 1.34. The van der Waals surface area contributed by atoms with Crippen LogP contribution in [0.4, 0.5) is 11.4 Å². The highest BCUT2D eigenvalue weighted by Gasteiger charge is 2.93. The summed E-state index contributed by atoms with van der Waals surface area (Å²) >= 11 is 0. The molecule has 0 saturated carbocycles. The second-order valence-electron chi connectivity index (χ2n) is 15.3. The predicted molar refractivity (Wildman–Crippen MR) is 201 cm³/mol. The quantitative estimate of drug-likeness (QED) is 0.339. The van der Waals surface area contributed by atoms with Gasteiger partial charge < -0.3 is 30.6 Å². The minimum absolute atomic E-state index is 0.279. The lowest BCUT2D eigenvalue weighted by Crippen LogP contribution is -2.79. The van der Waals surface area contributed by atoms with Gasteiger partial charge in [0.25, 0.3) is 23.6 Å². The zero-order chi connectivity index (χ0) is 36.0. The number of para-hydroxylation sites is 2. The summed E-state index contributed by atoms with van der Waals surface area (Å²) in [5.41, 5.74) is -0.838. The number of aliphatic hydroxyl groups excluding tert-OH is 2. The Morgan fingerprint density at radius 3 is 1.47 bits per heavy atom. The molecule has 12 nitrogen and oxygen atoms in total. The van der Waals surface area contributed by atoms with Crippen LogP contribution in [0.1, 0.15) is 38.8 Å². The third-order valence-electron chi connectivity index (χ3n) is 13.2.